The van der Waals surface area contributed by atoms with Crippen LogP contribution in [-0.4, -0.2) is 43.1 Å². The summed E-state index contributed by atoms with van der Waals surface area (Å²) in [6.45, 7) is 8.96. The van der Waals surface area contributed by atoms with E-state index < -0.39 is 0 Å². The maximum atomic E-state index is 4.43. The third-order valence-corrected chi connectivity index (χ3v) is 3.59. The quantitative estimate of drug-likeness (QED) is 0.797. The molecule has 1 aliphatic heterocycles. The third-order valence-electron chi connectivity index (χ3n) is 3.59. The van der Waals surface area contributed by atoms with Gasteiger partial charge in [0, 0.05) is 43.8 Å². The highest BCUT2D eigenvalue weighted by molar-refractivity contribution is 5.55. The van der Waals surface area contributed by atoms with Gasteiger partial charge in [0.05, 0.1) is 0 Å². The van der Waals surface area contributed by atoms with Crippen molar-refractivity contribution in [1.82, 2.24) is 9.88 Å². The first kappa shape index (κ1) is 12.4. The fraction of sp³-hybridized carbons (Fsp3) is 0.643. The maximum absolute atomic E-state index is 4.43. The van der Waals surface area contributed by atoms with E-state index in [0.29, 0.717) is 0 Å². The van der Waals surface area contributed by atoms with Crippen molar-refractivity contribution >= 4 is 5.69 Å². The molecule has 0 saturated carbocycles. The van der Waals surface area contributed by atoms with Gasteiger partial charge in [-0.15, -0.1) is 0 Å². The second-order valence-electron chi connectivity index (χ2n) is 4.93. The minimum Gasteiger partial charge on any atom is -0.369 e. The Hall–Kier alpha value is -1.09. The van der Waals surface area contributed by atoms with Crippen LogP contribution in [-0.2, 0) is 6.42 Å². The molecule has 0 atom stereocenters. The molecule has 0 amide bonds. The Balaban J connectivity index is 2.22. The number of likely N-dealkylation sites (N-methyl/N-ethyl adjacent to an activating group) is 1. The van der Waals surface area contributed by atoms with Crippen molar-refractivity contribution in [3.05, 3.63) is 23.5 Å². The molecule has 0 spiro atoms. The fourth-order valence-corrected chi connectivity index (χ4v) is 2.49. The van der Waals surface area contributed by atoms with Crippen molar-refractivity contribution in [2.24, 2.45) is 0 Å². The van der Waals surface area contributed by atoms with E-state index in [1.807, 2.05) is 6.20 Å². The van der Waals surface area contributed by atoms with Crippen LogP contribution in [0.25, 0.3) is 0 Å². The lowest BCUT2D eigenvalue weighted by molar-refractivity contribution is 0.312. The normalized spacial score (nSPS) is 17.5. The van der Waals surface area contributed by atoms with E-state index in [0.717, 1.165) is 32.6 Å². The standard InChI is InChI=1S/C14H23N3/c1-4-5-13-12(2)15-7-6-14(13)17-10-8-16(3)9-11-17/h6-7H,4-5,8-11H2,1-3H3. The highest BCUT2D eigenvalue weighted by Gasteiger charge is 2.17. The molecule has 0 unspecified atom stereocenters. The van der Waals surface area contributed by atoms with Crippen molar-refractivity contribution < 1.29 is 0 Å². The van der Waals surface area contributed by atoms with Crippen LogP contribution in [0.3, 0.4) is 0 Å². The van der Waals surface area contributed by atoms with Crippen LogP contribution in [0.2, 0.25) is 0 Å². The van der Waals surface area contributed by atoms with E-state index in [4.69, 9.17) is 0 Å². The number of nitrogens with zero attached hydrogens (tertiary/aromatic N) is 3. The van der Waals surface area contributed by atoms with Gasteiger partial charge < -0.3 is 9.80 Å². The molecule has 17 heavy (non-hydrogen) atoms. The lowest BCUT2D eigenvalue weighted by atomic mass is 10.1. The molecular formula is C14H23N3. The lowest BCUT2D eigenvalue weighted by Gasteiger charge is -2.35. The summed E-state index contributed by atoms with van der Waals surface area (Å²) in [6.07, 6.45) is 4.27. The molecule has 0 aliphatic carbocycles. The first-order valence-corrected chi connectivity index (χ1v) is 6.60. The van der Waals surface area contributed by atoms with E-state index in [1.165, 1.54) is 23.4 Å². The van der Waals surface area contributed by atoms with Crippen molar-refractivity contribution in [3.8, 4) is 0 Å². The van der Waals surface area contributed by atoms with Gasteiger partial charge in [-0.05, 0) is 32.0 Å². The van der Waals surface area contributed by atoms with Gasteiger partial charge in [-0.25, -0.2) is 0 Å². The molecule has 0 N–H and O–H groups in total. The van der Waals surface area contributed by atoms with Gasteiger partial charge in [0.2, 0.25) is 0 Å². The molecule has 1 aliphatic rings. The first-order valence-electron chi connectivity index (χ1n) is 6.60. The molecule has 2 rings (SSSR count). The molecule has 94 valence electrons. The number of aromatic nitrogens is 1. The molecule has 0 aromatic carbocycles. The van der Waals surface area contributed by atoms with Crippen molar-refractivity contribution in [1.29, 1.82) is 0 Å². The van der Waals surface area contributed by atoms with Crippen LogP contribution in [0.1, 0.15) is 24.6 Å². The fourth-order valence-electron chi connectivity index (χ4n) is 2.49. The molecule has 2 heterocycles. The zero-order valence-corrected chi connectivity index (χ0v) is 11.2. The topological polar surface area (TPSA) is 19.4 Å². The average molecular weight is 233 g/mol. The monoisotopic (exact) mass is 233 g/mol. The molecule has 0 bridgehead atoms. The van der Waals surface area contributed by atoms with Gasteiger partial charge in [-0.1, -0.05) is 13.3 Å². The molecular weight excluding hydrogens is 210 g/mol. The SMILES string of the molecule is CCCc1c(N2CCN(C)CC2)ccnc1C. The Morgan fingerprint density at radius 3 is 2.59 bits per heavy atom. The zero-order chi connectivity index (χ0) is 12.3. The van der Waals surface area contributed by atoms with Crippen LogP contribution in [0, 0.1) is 6.92 Å². The zero-order valence-electron chi connectivity index (χ0n) is 11.2. The number of hydrogen-bond acceptors (Lipinski definition) is 3. The molecule has 3 nitrogen and oxygen atoms in total. The molecule has 1 fully saturated rings. The maximum Gasteiger partial charge on any atom is 0.0433 e. The Kier molecular flexibility index (Phi) is 4.00. The Bertz CT molecular complexity index is 368. The summed E-state index contributed by atoms with van der Waals surface area (Å²) in [5.41, 5.74) is 4.05. The summed E-state index contributed by atoms with van der Waals surface area (Å²) >= 11 is 0. The minimum absolute atomic E-state index is 1.14. The summed E-state index contributed by atoms with van der Waals surface area (Å²) < 4.78 is 0. The van der Waals surface area contributed by atoms with E-state index >= 15 is 0 Å². The van der Waals surface area contributed by atoms with Gasteiger partial charge in [0.1, 0.15) is 0 Å². The highest BCUT2D eigenvalue weighted by atomic mass is 15.2. The smallest absolute Gasteiger partial charge is 0.0433 e. The molecule has 3 heteroatoms. The van der Waals surface area contributed by atoms with E-state index in [1.54, 1.807) is 0 Å². The second kappa shape index (κ2) is 5.50. The van der Waals surface area contributed by atoms with Gasteiger partial charge in [0.15, 0.2) is 0 Å². The van der Waals surface area contributed by atoms with Gasteiger partial charge in [-0.3, -0.25) is 4.98 Å². The van der Waals surface area contributed by atoms with Crippen molar-refractivity contribution in [3.63, 3.8) is 0 Å². The van der Waals surface area contributed by atoms with Gasteiger partial charge in [0.25, 0.3) is 0 Å². The van der Waals surface area contributed by atoms with E-state index in [-0.39, 0.29) is 0 Å². The Morgan fingerprint density at radius 1 is 1.24 bits per heavy atom. The van der Waals surface area contributed by atoms with E-state index in [9.17, 15) is 0 Å². The second-order valence-corrected chi connectivity index (χ2v) is 4.93. The summed E-state index contributed by atoms with van der Waals surface area (Å²) in [7, 11) is 2.20. The summed E-state index contributed by atoms with van der Waals surface area (Å²) in [5, 5.41) is 0. The third kappa shape index (κ3) is 2.78. The molecule has 1 saturated heterocycles. The number of hydrogen-bond donors (Lipinski definition) is 0. The van der Waals surface area contributed by atoms with E-state index in [2.05, 4.69) is 41.7 Å². The number of rotatable bonds is 3. The van der Waals surface area contributed by atoms with Gasteiger partial charge >= 0.3 is 0 Å². The average Bonchev–Trinajstić information content (AvgIpc) is 2.33. The predicted octanol–water partition coefficient (Wildman–Crippen LogP) is 2.09. The largest absolute Gasteiger partial charge is 0.369 e. The Morgan fingerprint density at radius 2 is 1.94 bits per heavy atom. The van der Waals surface area contributed by atoms with Crippen molar-refractivity contribution in [2.45, 2.75) is 26.7 Å². The number of pyridine rings is 1. The van der Waals surface area contributed by atoms with Crippen LogP contribution in [0.4, 0.5) is 5.69 Å². The predicted molar refractivity (Wildman–Crippen MR) is 72.7 cm³/mol. The molecule has 1 aromatic heterocycles. The molecule has 0 radical (unpaired) electrons. The first-order chi connectivity index (χ1) is 8.22. The summed E-state index contributed by atoms with van der Waals surface area (Å²) in [6, 6.07) is 2.18. The highest BCUT2D eigenvalue weighted by Crippen LogP contribution is 2.24. The summed E-state index contributed by atoms with van der Waals surface area (Å²) in [5.74, 6) is 0. The van der Waals surface area contributed by atoms with Crippen molar-refractivity contribution in [2.75, 3.05) is 38.1 Å². The summed E-state index contributed by atoms with van der Waals surface area (Å²) in [4.78, 5) is 9.34. The minimum atomic E-state index is 1.14. The van der Waals surface area contributed by atoms with Gasteiger partial charge in [-0.2, -0.15) is 0 Å². The Labute approximate surface area is 104 Å². The lowest BCUT2D eigenvalue weighted by Crippen LogP contribution is -2.44. The number of anilines is 1. The van der Waals surface area contributed by atoms with Crippen LogP contribution in [0.5, 0.6) is 0 Å². The number of piperazine rings is 1. The molecule has 1 aromatic rings. The van der Waals surface area contributed by atoms with Crippen LogP contribution >= 0.6 is 0 Å². The van der Waals surface area contributed by atoms with Crippen LogP contribution in [0.15, 0.2) is 12.3 Å². The van der Waals surface area contributed by atoms with Crippen LogP contribution < -0.4 is 4.90 Å². The number of aryl methyl sites for hydroxylation is 1.